The molecule has 3 rings (SSSR count). The van der Waals surface area contributed by atoms with Gasteiger partial charge < -0.3 is 9.80 Å². The van der Waals surface area contributed by atoms with Crippen LogP contribution in [-0.4, -0.2) is 53.5 Å². The zero-order valence-corrected chi connectivity index (χ0v) is 16.3. The molecule has 0 atom stereocenters. The quantitative estimate of drug-likeness (QED) is 0.714. The third-order valence-corrected chi connectivity index (χ3v) is 5.68. The third-order valence-electron chi connectivity index (χ3n) is 4.43. The first kappa shape index (κ1) is 19.7. The zero-order chi connectivity index (χ0) is 19.2. The average molecular weight is 407 g/mol. The molecular formula is C20H20ClFN2O2S. The summed E-state index contributed by atoms with van der Waals surface area (Å²) in [5.74, 6) is 0.119. The van der Waals surface area contributed by atoms with Crippen LogP contribution in [0.15, 0.2) is 53.4 Å². The second-order valence-corrected chi connectivity index (χ2v) is 7.79. The number of benzene rings is 2. The fraction of sp³-hybridized carbons (Fsp3) is 0.300. The van der Waals surface area contributed by atoms with Crippen molar-refractivity contribution in [2.45, 2.75) is 11.3 Å². The highest BCUT2D eigenvalue weighted by atomic mass is 35.5. The van der Waals surface area contributed by atoms with Crippen LogP contribution in [0.2, 0.25) is 5.02 Å². The summed E-state index contributed by atoms with van der Waals surface area (Å²) in [5, 5.41) is 0.650. The van der Waals surface area contributed by atoms with Crippen LogP contribution in [0.4, 0.5) is 4.39 Å². The molecule has 0 N–H and O–H groups in total. The first-order valence-corrected chi connectivity index (χ1v) is 10.1. The number of hydrogen-bond donors (Lipinski definition) is 0. The Labute approximate surface area is 167 Å². The molecule has 0 aliphatic carbocycles. The van der Waals surface area contributed by atoms with Gasteiger partial charge in [0.05, 0.1) is 12.2 Å². The number of piperazine rings is 1. The third kappa shape index (κ3) is 5.71. The highest BCUT2D eigenvalue weighted by Crippen LogP contribution is 2.19. The predicted molar refractivity (Wildman–Crippen MR) is 105 cm³/mol. The van der Waals surface area contributed by atoms with E-state index in [0.29, 0.717) is 43.4 Å². The molecular weight excluding hydrogens is 387 g/mol. The first-order chi connectivity index (χ1) is 13.0. The van der Waals surface area contributed by atoms with Crippen LogP contribution in [0.5, 0.6) is 0 Å². The van der Waals surface area contributed by atoms with Crippen molar-refractivity contribution in [3.8, 4) is 0 Å². The van der Waals surface area contributed by atoms with Crippen LogP contribution in [0.3, 0.4) is 0 Å². The van der Waals surface area contributed by atoms with Crippen LogP contribution in [-0.2, 0) is 16.0 Å². The highest BCUT2D eigenvalue weighted by Gasteiger charge is 2.24. The molecule has 1 aliphatic heterocycles. The van der Waals surface area contributed by atoms with Gasteiger partial charge in [-0.3, -0.25) is 9.59 Å². The van der Waals surface area contributed by atoms with E-state index in [0.717, 1.165) is 10.5 Å². The van der Waals surface area contributed by atoms with Crippen molar-refractivity contribution in [2.24, 2.45) is 0 Å². The number of thioether (sulfide) groups is 1. The Kier molecular flexibility index (Phi) is 6.74. The van der Waals surface area contributed by atoms with Gasteiger partial charge in [-0.25, -0.2) is 4.39 Å². The molecule has 1 aliphatic rings. The summed E-state index contributed by atoms with van der Waals surface area (Å²) in [4.78, 5) is 29.2. The van der Waals surface area contributed by atoms with E-state index >= 15 is 0 Å². The summed E-state index contributed by atoms with van der Waals surface area (Å²) in [7, 11) is 0. The molecule has 2 aromatic rings. The van der Waals surface area contributed by atoms with Crippen LogP contribution in [0.25, 0.3) is 0 Å². The summed E-state index contributed by atoms with van der Waals surface area (Å²) < 4.78 is 12.9. The lowest BCUT2D eigenvalue weighted by atomic mass is 10.1. The van der Waals surface area contributed by atoms with Gasteiger partial charge in [-0.2, -0.15) is 0 Å². The van der Waals surface area contributed by atoms with Gasteiger partial charge in [-0.1, -0.05) is 23.7 Å². The number of carbonyl (C=O) groups is 2. The molecule has 4 nitrogen and oxygen atoms in total. The van der Waals surface area contributed by atoms with Crippen LogP contribution in [0.1, 0.15) is 5.56 Å². The lowest BCUT2D eigenvalue weighted by molar-refractivity contribution is -0.137. The lowest BCUT2D eigenvalue weighted by Gasteiger charge is -2.34. The minimum Gasteiger partial charge on any atom is -0.339 e. The van der Waals surface area contributed by atoms with Crippen LogP contribution in [0, 0.1) is 5.82 Å². The SMILES string of the molecule is O=C(CSc1ccc(F)cc1)N1CCN(C(=O)Cc2ccc(Cl)cc2)CC1. The standard InChI is InChI=1S/C20H20ClFN2O2S/c21-16-3-1-15(2-4-16)13-19(25)23-9-11-24(12-10-23)20(26)14-27-18-7-5-17(22)6-8-18/h1-8H,9-14H2. The average Bonchev–Trinajstić information content (AvgIpc) is 2.69. The highest BCUT2D eigenvalue weighted by molar-refractivity contribution is 8.00. The first-order valence-electron chi connectivity index (χ1n) is 8.69. The Morgan fingerprint density at radius 1 is 0.889 bits per heavy atom. The molecule has 0 unspecified atom stereocenters. The maximum atomic E-state index is 12.9. The molecule has 1 heterocycles. The topological polar surface area (TPSA) is 40.6 Å². The maximum Gasteiger partial charge on any atom is 0.233 e. The van der Waals surface area contributed by atoms with Crippen molar-refractivity contribution in [1.82, 2.24) is 9.80 Å². The van der Waals surface area contributed by atoms with Gasteiger partial charge in [-0.15, -0.1) is 11.8 Å². The Balaban J connectivity index is 1.43. The largest absolute Gasteiger partial charge is 0.339 e. The molecule has 1 saturated heterocycles. The van der Waals surface area contributed by atoms with E-state index in [-0.39, 0.29) is 17.6 Å². The lowest BCUT2D eigenvalue weighted by Crippen LogP contribution is -2.51. The number of halogens is 2. The van der Waals surface area contributed by atoms with Gasteiger partial charge >= 0.3 is 0 Å². The van der Waals surface area contributed by atoms with Crippen molar-refractivity contribution in [2.75, 3.05) is 31.9 Å². The summed E-state index contributed by atoms with van der Waals surface area (Å²) in [6.45, 7) is 2.16. The zero-order valence-electron chi connectivity index (χ0n) is 14.7. The molecule has 0 spiro atoms. The molecule has 1 fully saturated rings. The van der Waals surface area contributed by atoms with Crippen molar-refractivity contribution < 1.29 is 14.0 Å². The summed E-state index contributed by atoms with van der Waals surface area (Å²) in [6.07, 6.45) is 0.339. The fourth-order valence-electron chi connectivity index (χ4n) is 2.86. The Morgan fingerprint density at radius 3 is 2.04 bits per heavy atom. The van der Waals surface area contributed by atoms with Gasteiger partial charge in [0.2, 0.25) is 11.8 Å². The van der Waals surface area contributed by atoms with E-state index in [9.17, 15) is 14.0 Å². The number of hydrogen-bond acceptors (Lipinski definition) is 3. The second-order valence-electron chi connectivity index (χ2n) is 6.31. The van der Waals surface area contributed by atoms with Gasteiger partial charge in [0.15, 0.2) is 0 Å². The van der Waals surface area contributed by atoms with Crippen molar-refractivity contribution in [3.63, 3.8) is 0 Å². The summed E-state index contributed by atoms with van der Waals surface area (Å²) >= 11 is 7.25. The smallest absolute Gasteiger partial charge is 0.233 e. The minimum absolute atomic E-state index is 0.0362. The second kappa shape index (κ2) is 9.24. The molecule has 7 heteroatoms. The number of amides is 2. The molecule has 0 saturated carbocycles. The van der Waals surface area contributed by atoms with Gasteiger partial charge in [0, 0.05) is 36.1 Å². The van der Waals surface area contributed by atoms with E-state index in [1.54, 1.807) is 34.1 Å². The van der Waals surface area contributed by atoms with Crippen molar-refractivity contribution in [1.29, 1.82) is 0 Å². The number of rotatable bonds is 5. The van der Waals surface area contributed by atoms with Crippen LogP contribution < -0.4 is 0 Å². The summed E-state index contributed by atoms with van der Waals surface area (Å²) in [6, 6.07) is 13.4. The predicted octanol–water partition coefficient (Wildman–Crippen LogP) is 3.48. The van der Waals surface area contributed by atoms with Gasteiger partial charge in [-0.05, 0) is 42.0 Å². The molecule has 27 heavy (non-hydrogen) atoms. The van der Waals surface area contributed by atoms with E-state index < -0.39 is 0 Å². The van der Waals surface area contributed by atoms with Crippen molar-refractivity contribution >= 4 is 35.2 Å². The molecule has 142 valence electrons. The van der Waals surface area contributed by atoms with Crippen molar-refractivity contribution in [3.05, 3.63) is 64.9 Å². The Hall–Kier alpha value is -2.05. The Bertz CT molecular complexity index is 791. The number of nitrogens with zero attached hydrogens (tertiary/aromatic N) is 2. The molecule has 0 bridgehead atoms. The monoisotopic (exact) mass is 406 g/mol. The van der Waals surface area contributed by atoms with Crippen LogP contribution >= 0.6 is 23.4 Å². The normalized spacial score (nSPS) is 14.3. The molecule has 2 amide bonds. The minimum atomic E-state index is -0.287. The molecule has 0 aromatic heterocycles. The Morgan fingerprint density at radius 2 is 1.44 bits per heavy atom. The van der Waals surface area contributed by atoms with E-state index in [2.05, 4.69) is 0 Å². The number of carbonyl (C=O) groups excluding carboxylic acids is 2. The molecule has 2 aromatic carbocycles. The molecule has 0 radical (unpaired) electrons. The van der Waals surface area contributed by atoms with Gasteiger partial charge in [0.1, 0.15) is 5.82 Å². The maximum absolute atomic E-state index is 12.9. The van der Waals surface area contributed by atoms with Gasteiger partial charge in [0.25, 0.3) is 0 Å². The summed E-state index contributed by atoms with van der Waals surface area (Å²) in [5.41, 5.74) is 0.929. The van der Waals surface area contributed by atoms with E-state index in [4.69, 9.17) is 11.6 Å². The van der Waals surface area contributed by atoms with E-state index in [1.807, 2.05) is 12.1 Å². The van der Waals surface area contributed by atoms with E-state index in [1.165, 1.54) is 23.9 Å². The fourth-order valence-corrected chi connectivity index (χ4v) is 3.79.